The highest BCUT2D eigenvalue weighted by atomic mass is 32.1. The second-order valence-electron chi connectivity index (χ2n) is 7.74. The fraction of sp³-hybridized carbons (Fsp3) is 0.318. The Bertz CT molecular complexity index is 1140. The minimum atomic E-state index is -0.00341. The average molecular weight is 405 g/mol. The third-order valence-electron chi connectivity index (χ3n) is 6.26. The molecule has 3 N–H and O–H groups in total. The summed E-state index contributed by atoms with van der Waals surface area (Å²) in [5.74, 6) is 0.931. The maximum Gasteiger partial charge on any atom is 0.182 e. The number of benzene rings is 1. The minimum Gasteiger partial charge on any atom is -0.355 e. The SMILES string of the molecule is Cc1sccc1-c1cccc(C2(CN)CCN(c3ncnc4nc[nH]c34)CC2)c1. The number of nitrogens with zero attached hydrogens (tertiary/aromatic N) is 4. The van der Waals surface area contributed by atoms with E-state index < -0.39 is 0 Å². The monoisotopic (exact) mass is 404 g/mol. The summed E-state index contributed by atoms with van der Waals surface area (Å²) < 4.78 is 0. The van der Waals surface area contributed by atoms with Crippen LogP contribution in [0.1, 0.15) is 23.3 Å². The number of H-pyrrole nitrogens is 1. The van der Waals surface area contributed by atoms with E-state index in [4.69, 9.17) is 5.73 Å². The van der Waals surface area contributed by atoms with E-state index in [1.807, 2.05) is 0 Å². The molecular weight excluding hydrogens is 380 g/mol. The number of hydrogen-bond acceptors (Lipinski definition) is 6. The first-order valence-corrected chi connectivity index (χ1v) is 10.8. The van der Waals surface area contributed by atoms with Gasteiger partial charge in [0.25, 0.3) is 0 Å². The first kappa shape index (κ1) is 18.3. The Balaban J connectivity index is 1.43. The fourth-order valence-electron chi connectivity index (χ4n) is 4.45. The van der Waals surface area contributed by atoms with Crippen LogP contribution < -0.4 is 10.6 Å². The zero-order valence-corrected chi connectivity index (χ0v) is 17.2. The molecule has 6 nitrogen and oxygen atoms in total. The number of aryl methyl sites for hydroxylation is 1. The van der Waals surface area contributed by atoms with E-state index in [0.717, 1.165) is 37.3 Å². The molecular formula is C22H24N6S. The van der Waals surface area contributed by atoms with Crippen LogP contribution >= 0.6 is 11.3 Å². The first-order chi connectivity index (χ1) is 14.2. The zero-order valence-electron chi connectivity index (χ0n) is 16.4. The number of aromatic amines is 1. The Morgan fingerprint density at radius 2 is 2.03 bits per heavy atom. The molecule has 0 radical (unpaired) electrons. The van der Waals surface area contributed by atoms with Crippen molar-refractivity contribution in [3.63, 3.8) is 0 Å². The van der Waals surface area contributed by atoms with Gasteiger partial charge in [0.1, 0.15) is 11.8 Å². The molecule has 1 aromatic carbocycles. The van der Waals surface area contributed by atoms with E-state index in [2.05, 4.69) is 67.5 Å². The highest BCUT2D eigenvalue weighted by Gasteiger charge is 2.36. The Kier molecular flexibility index (Phi) is 4.56. The summed E-state index contributed by atoms with van der Waals surface area (Å²) in [6.07, 6.45) is 5.26. The highest BCUT2D eigenvalue weighted by Crippen LogP contribution is 2.38. The van der Waals surface area contributed by atoms with Crippen LogP contribution in [-0.2, 0) is 5.41 Å². The predicted octanol–water partition coefficient (Wildman–Crippen LogP) is 3.89. The van der Waals surface area contributed by atoms with Gasteiger partial charge >= 0.3 is 0 Å². The van der Waals surface area contributed by atoms with Crippen LogP contribution in [0.4, 0.5) is 5.82 Å². The molecule has 29 heavy (non-hydrogen) atoms. The molecule has 0 bridgehead atoms. The molecule has 1 fully saturated rings. The normalized spacial score (nSPS) is 16.4. The summed E-state index contributed by atoms with van der Waals surface area (Å²) in [6, 6.07) is 11.2. The number of nitrogens with two attached hydrogens (primary N) is 1. The summed E-state index contributed by atoms with van der Waals surface area (Å²) >= 11 is 1.79. The second kappa shape index (κ2) is 7.24. The molecule has 1 saturated heterocycles. The van der Waals surface area contributed by atoms with Gasteiger partial charge in [-0.15, -0.1) is 11.3 Å². The summed E-state index contributed by atoms with van der Waals surface area (Å²) in [5.41, 5.74) is 11.9. The van der Waals surface area contributed by atoms with Gasteiger partial charge in [-0.3, -0.25) is 0 Å². The molecule has 3 aromatic heterocycles. The van der Waals surface area contributed by atoms with Crippen molar-refractivity contribution in [3.05, 3.63) is 58.8 Å². The molecule has 0 unspecified atom stereocenters. The van der Waals surface area contributed by atoms with Gasteiger partial charge < -0.3 is 15.6 Å². The average Bonchev–Trinajstić information content (AvgIpc) is 3.42. The number of nitrogens with one attached hydrogen (secondary N) is 1. The number of aromatic nitrogens is 4. The molecule has 4 heterocycles. The Hall–Kier alpha value is -2.77. The molecule has 7 heteroatoms. The van der Waals surface area contributed by atoms with E-state index in [1.54, 1.807) is 24.0 Å². The van der Waals surface area contributed by atoms with Crippen LogP contribution in [0.2, 0.25) is 0 Å². The molecule has 0 saturated carbocycles. The summed E-state index contributed by atoms with van der Waals surface area (Å²) in [7, 11) is 0. The lowest BCUT2D eigenvalue weighted by Crippen LogP contribution is -2.47. The van der Waals surface area contributed by atoms with Crippen molar-refractivity contribution in [2.45, 2.75) is 25.2 Å². The van der Waals surface area contributed by atoms with E-state index in [-0.39, 0.29) is 5.41 Å². The lowest BCUT2D eigenvalue weighted by molar-refractivity contribution is 0.339. The van der Waals surface area contributed by atoms with Gasteiger partial charge in [-0.05, 0) is 47.9 Å². The number of thiophene rings is 1. The van der Waals surface area contributed by atoms with E-state index in [0.29, 0.717) is 12.2 Å². The second-order valence-corrected chi connectivity index (χ2v) is 8.86. The van der Waals surface area contributed by atoms with E-state index >= 15 is 0 Å². The van der Waals surface area contributed by atoms with Crippen molar-refractivity contribution < 1.29 is 0 Å². The number of anilines is 1. The van der Waals surface area contributed by atoms with Gasteiger partial charge in [0.05, 0.1) is 6.33 Å². The van der Waals surface area contributed by atoms with Crippen LogP contribution in [0.3, 0.4) is 0 Å². The third-order valence-corrected chi connectivity index (χ3v) is 7.10. The summed E-state index contributed by atoms with van der Waals surface area (Å²) in [4.78, 5) is 19.9. The Morgan fingerprint density at radius 3 is 2.79 bits per heavy atom. The molecule has 0 spiro atoms. The first-order valence-electron chi connectivity index (χ1n) is 9.94. The minimum absolute atomic E-state index is 0.00341. The third kappa shape index (κ3) is 3.10. The number of rotatable bonds is 4. The maximum atomic E-state index is 6.37. The van der Waals surface area contributed by atoms with Gasteiger partial charge in [0.15, 0.2) is 11.5 Å². The fourth-order valence-corrected chi connectivity index (χ4v) is 5.17. The predicted molar refractivity (Wildman–Crippen MR) is 118 cm³/mol. The van der Waals surface area contributed by atoms with Gasteiger partial charge in [-0.25, -0.2) is 15.0 Å². The molecule has 0 aliphatic carbocycles. The van der Waals surface area contributed by atoms with Crippen molar-refractivity contribution in [2.24, 2.45) is 5.73 Å². The number of imidazole rings is 1. The van der Waals surface area contributed by atoms with Gasteiger partial charge in [-0.2, -0.15) is 0 Å². The highest BCUT2D eigenvalue weighted by molar-refractivity contribution is 7.10. The van der Waals surface area contributed by atoms with Crippen LogP contribution in [0, 0.1) is 6.92 Å². The molecule has 0 atom stereocenters. The smallest absolute Gasteiger partial charge is 0.182 e. The topological polar surface area (TPSA) is 83.7 Å². The van der Waals surface area contributed by atoms with E-state index in [1.165, 1.54) is 21.6 Å². The van der Waals surface area contributed by atoms with Crippen molar-refractivity contribution in [1.29, 1.82) is 0 Å². The Morgan fingerprint density at radius 1 is 1.17 bits per heavy atom. The number of piperidine rings is 1. The quantitative estimate of drug-likeness (QED) is 0.539. The maximum absolute atomic E-state index is 6.37. The lowest BCUT2D eigenvalue weighted by Gasteiger charge is -2.42. The van der Waals surface area contributed by atoms with Gasteiger partial charge in [0, 0.05) is 29.9 Å². The summed E-state index contributed by atoms with van der Waals surface area (Å²) in [6.45, 7) is 4.64. The molecule has 1 aliphatic heterocycles. The van der Waals surface area contributed by atoms with E-state index in [9.17, 15) is 0 Å². The zero-order chi connectivity index (χ0) is 19.8. The lowest BCUT2D eigenvalue weighted by atomic mass is 9.72. The Labute approximate surface area is 173 Å². The van der Waals surface area contributed by atoms with Crippen LogP contribution in [0.15, 0.2) is 48.4 Å². The van der Waals surface area contributed by atoms with Gasteiger partial charge in [0.2, 0.25) is 0 Å². The molecule has 148 valence electrons. The van der Waals surface area contributed by atoms with Gasteiger partial charge in [-0.1, -0.05) is 24.3 Å². The molecule has 0 amide bonds. The van der Waals surface area contributed by atoms with Crippen molar-refractivity contribution in [3.8, 4) is 11.1 Å². The molecule has 5 rings (SSSR count). The largest absolute Gasteiger partial charge is 0.355 e. The van der Waals surface area contributed by atoms with Crippen LogP contribution in [0.25, 0.3) is 22.3 Å². The summed E-state index contributed by atoms with van der Waals surface area (Å²) in [5, 5.41) is 2.16. The van der Waals surface area contributed by atoms with Crippen molar-refractivity contribution in [1.82, 2.24) is 19.9 Å². The van der Waals surface area contributed by atoms with Crippen LogP contribution in [-0.4, -0.2) is 39.6 Å². The standard InChI is InChI=1S/C22H24N6S/c1-15-18(5-10-29-15)16-3-2-4-17(11-16)22(12-23)6-8-28(9-7-22)21-19-20(25-13-24-19)26-14-27-21/h2-5,10-11,13-14H,6-9,12,23H2,1H3,(H,24,25,26,27). The van der Waals surface area contributed by atoms with Crippen LogP contribution in [0.5, 0.6) is 0 Å². The van der Waals surface area contributed by atoms with Crippen molar-refractivity contribution >= 4 is 28.3 Å². The number of hydrogen-bond donors (Lipinski definition) is 2. The van der Waals surface area contributed by atoms with Crippen molar-refractivity contribution in [2.75, 3.05) is 24.5 Å². The number of fused-ring (bicyclic) bond motifs is 1. The molecule has 1 aliphatic rings. The molecule has 4 aromatic rings.